The molecule has 1 unspecified atom stereocenters. The number of carbonyl (C=O) groups excluding carboxylic acids is 2. The summed E-state index contributed by atoms with van der Waals surface area (Å²) < 4.78 is 25.3. The van der Waals surface area contributed by atoms with Gasteiger partial charge in [0.05, 0.1) is 36.9 Å². The van der Waals surface area contributed by atoms with Crippen molar-refractivity contribution in [1.82, 2.24) is 9.97 Å². The number of ether oxygens (including phenoxy) is 2. The Morgan fingerprint density at radius 3 is 2.49 bits per heavy atom. The number of oxime groups is 1. The SMILES string of the molecule is N=C(N)CC(=O)OCc1cccc(-c2cnc(N3CC(=NOCC(CO)COC(=O)c4ccccc4)C3)nc2)c1F. The molecule has 13 heteroatoms. The van der Waals surface area contributed by atoms with Crippen LogP contribution in [0.2, 0.25) is 0 Å². The van der Waals surface area contributed by atoms with E-state index in [1.165, 1.54) is 18.5 Å². The summed E-state index contributed by atoms with van der Waals surface area (Å²) >= 11 is 0. The zero-order valence-corrected chi connectivity index (χ0v) is 22.0. The van der Waals surface area contributed by atoms with E-state index in [0.717, 1.165) is 5.71 Å². The van der Waals surface area contributed by atoms with E-state index in [9.17, 15) is 14.7 Å². The van der Waals surface area contributed by atoms with Gasteiger partial charge in [0.2, 0.25) is 5.95 Å². The normalized spacial score (nSPS) is 13.1. The van der Waals surface area contributed by atoms with Gasteiger partial charge in [-0.05, 0) is 12.1 Å². The third kappa shape index (κ3) is 8.05. The van der Waals surface area contributed by atoms with Crippen LogP contribution in [-0.2, 0) is 25.7 Å². The Morgan fingerprint density at radius 2 is 1.80 bits per heavy atom. The number of anilines is 1. The molecule has 2 aromatic carbocycles. The van der Waals surface area contributed by atoms with Gasteiger partial charge >= 0.3 is 11.9 Å². The molecule has 1 aliphatic rings. The second-order valence-electron chi connectivity index (χ2n) is 9.24. The van der Waals surface area contributed by atoms with Gasteiger partial charge < -0.3 is 30.1 Å². The number of amidine groups is 1. The molecular formula is C28H29FN6O6. The standard InChI is InChI=1S/C28H29FN6O6/c29-26-20(17-39-25(37)9-24(30)31)7-4-8-23(26)21-10-32-28(33-11-21)35-12-22(13-35)34-41-16-18(14-36)15-40-27(38)19-5-2-1-3-6-19/h1-8,10-11,18,36H,9,12-17H2,(H3,30,31). The molecule has 3 aromatic rings. The molecule has 1 saturated heterocycles. The highest BCUT2D eigenvalue weighted by Crippen LogP contribution is 2.26. The number of rotatable bonds is 13. The monoisotopic (exact) mass is 564 g/mol. The summed E-state index contributed by atoms with van der Waals surface area (Å²) in [5.41, 5.74) is 7.22. The molecule has 12 nitrogen and oxygen atoms in total. The predicted molar refractivity (Wildman–Crippen MR) is 147 cm³/mol. The molecule has 1 atom stereocenters. The number of aliphatic hydroxyl groups excluding tert-OH is 1. The summed E-state index contributed by atoms with van der Waals surface area (Å²) in [6.07, 6.45) is 2.64. The lowest BCUT2D eigenvalue weighted by Gasteiger charge is -2.32. The van der Waals surface area contributed by atoms with E-state index in [4.69, 9.17) is 25.5 Å². The van der Waals surface area contributed by atoms with Crippen molar-refractivity contribution in [1.29, 1.82) is 5.41 Å². The van der Waals surface area contributed by atoms with Crippen molar-refractivity contribution in [3.63, 3.8) is 0 Å². The quantitative estimate of drug-likeness (QED) is 0.121. The molecule has 41 heavy (non-hydrogen) atoms. The third-order valence-corrected chi connectivity index (χ3v) is 6.00. The van der Waals surface area contributed by atoms with Gasteiger partial charge in [-0.2, -0.15) is 0 Å². The molecule has 1 aliphatic heterocycles. The molecule has 4 rings (SSSR count). The first-order valence-corrected chi connectivity index (χ1v) is 12.7. The van der Waals surface area contributed by atoms with Crippen molar-refractivity contribution in [2.45, 2.75) is 13.0 Å². The average molecular weight is 565 g/mol. The molecule has 0 saturated carbocycles. The van der Waals surface area contributed by atoms with Gasteiger partial charge in [-0.15, -0.1) is 0 Å². The lowest BCUT2D eigenvalue weighted by atomic mass is 10.1. The number of carbonyl (C=O) groups is 2. The van der Waals surface area contributed by atoms with Gasteiger partial charge in [-0.25, -0.2) is 19.2 Å². The van der Waals surface area contributed by atoms with E-state index >= 15 is 4.39 Å². The maximum atomic E-state index is 15.0. The van der Waals surface area contributed by atoms with Crippen molar-refractivity contribution in [2.75, 3.05) is 37.8 Å². The topological polar surface area (TPSA) is 173 Å². The van der Waals surface area contributed by atoms with Crippen LogP contribution >= 0.6 is 0 Å². The highest BCUT2D eigenvalue weighted by Gasteiger charge is 2.25. The van der Waals surface area contributed by atoms with Gasteiger partial charge in [-0.3, -0.25) is 10.2 Å². The van der Waals surface area contributed by atoms with Gasteiger partial charge in [-0.1, -0.05) is 41.6 Å². The molecule has 2 heterocycles. The zero-order chi connectivity index (χ0) is 29.2. The fourth-order valence-corrected chi connectivity index (χ4v) is 3.73. The van der Waals surface area contributed by atoms with Crippen LogP contribution in [0.4, 0.5) is 10.3 Å². The van der Waals surface area contributed by atoms with Crippen LogP contribution in [0, 0.1) is 17.1 Å². The van der Waals surface area contributed by atoms with Crippen molar-refractivity contribution in [3.05, 3.63) is 77.9 Å². The van der Waals surface area contributed by atoms with Crippen LogP contribution in [0.5, 0.6) is 0 Å². The Kier molecular flexibility index (Phi) is 9.89. The summed E-state index contributed by atoms with van der Waals surface area (Å²) in [4.78, 5) is 39.5. The number of halogens is 1. The van der Waals surface area contributed by atoms with Crippen LogP contribution in [0.3, 0.4) is 0 Å². The van der Waals surface area contributed by atoms with E-state index in [0.29, 0.717) is 30.2 Å². The van der Waals surface area contributed by atoms with Gasteiger partial charge in [0.1, 0.15) is 37.9 Å². The number of hydrogen-bond acceptors (Lipinski definition) is 11. The fourth-order valence-electron chi connectivity index (χ4n) is 3.73. The Balaban J connectivity index is 1.24. The molecule has 0 radical (unpaired) electrons. The molecule has 0 amide bonds. The second-order valence-corrected chi connectivity index (χ2v) is 9.24. The van der Waals surface area contributed by atoms with Crippen LogP contribution < -0.4 is 10.6 Å². The molecule has 214 valence electrons. The second kappa shape index (κ2) is 13.9. The van der Waals surface area contributed by atoms with Crippen LogP contribution in [0.15, 0.2) is 66.1 Å². The summed E-state index contributed by atoms with van der Waals surface area (Å²) in [6.45, 7) is 0.418. The van der Waals surface area contributed by atoms with Gasteiger partial charge in [0, 0.05) is 29.1 Å². The minimum Gasteiger partial charge on any atom is -0.462 e. The Morgan fingerprint density at radius 1 is 1.07 bits per heavy atom. The summed E-state index contributed by atoms with van der Waals surface area (Å²) in [6, 6.07) is 13.3. The first-order chi connectivity index (χ1) is 19.8. The number of esters is 2. The maximum Gasteiger partial charge on any atom is 0.338 e. The first kappa shape index (κ1) is 29.1. The molecule has 4 N–H and O–H groups in total. The average Bonchev–Trinajstić information content (AvgIpc) is 2.95. The van der Waals surface area contributed by atoms with Crippen molar-refractivity contribution in [3.8, 4) is 11.1 Å². The van der Waals surface area contributed by atoms with Crippen LogP contribution in [0.1, 0.15) is 22.3 Å². The van der Waals surface area contributed by atoms with Gasteiger partial charge in [0.15, 0.2) is 0 Å². The molecule has 0 spiro atoms. The van der Waals surface area contributed by atoms with Crippen molar-refractivity contribution in [2.24, 2.45) is 16.8 Å². The van der Waals surface area contributed by atoms with Crippen LogP contribution in [0.25, 0.3) is 11.1 Å². The number of nitrogens with one attached hydrogen (secondary N) is 1. The van der Waals surface area contributed by atoms with E-state index in [-0.39, 0.29) is 49.8 Å². The fraction of sp³-hybridized carbons (Fsp3) is 0.286. The van der Waals surface area contributed by atoms with E-state index in [1.54, 1.807) is 42.5 Å². The third-order valence-electron chi connectivity index (χ3n) is 6.00. The maximum absolute atomic E-state index is 15.0. The number of aromatic nitrogens is 2. The van der Waals surface area contributed by atoms with E-state index in [2.05, 4.69) is 15.1 Å². The Hall–Kier alpha value is -4.91. The highest BCUT2D eigenvalue weighted by atomic mass is 19.1. The molecular weight excluding hydrogens is 535 g/mol. The molecule has 0 aliphatic carbocycles. The van der Waals surface area contributed by atoms with Crippen molar-refractivity contribution < 1.29 is 33.4 Å². The predicted octanol–water partition coefficient (Wildman–Crippen LogP) is 2.31. The number of hydrogen-bond donors (Lipinski definition) is 3. The number of nitrogens with zero attached hydrogens (tertiary/aromatic N) is 4. The Bertz CT molecular complexity index is 1390. The molecule has 1 fully saturated rings. The first-order valence-electron chi connectivity index (χ1n) is 12.7. The lowest BCUT2D eigenvalue weighted by molar-refractivity contribution is -0.143. The number of nitrogens with two attached hydrogens (primary N) is 1. The van der Waals surface area contributed by atoms with Crippen LogP contribution in [-0.4, -0.2) is 71.5 Å². The van der Waals surface area contributed by atoms with Gasteiger partial charge in [0.25, 0.3) is 0 Å². The molecule has 1 aromatic heterocycles. The van der Waals surface area contributed by atoms with E-state index < -0.39 is 23.7 Å². The molecule has 0 bridgehead atoms. The summed E-state index contributed by atoms with van der Waals surface area (Å²) in [5, 5.41) is 20.8. The lowest BCUT2D eigenvalue weighted by Crippen LogP contribution is -2.48. The summed E-state index contributed by atoms with van der Waals surface area (Å²) in [5.74, 6) is -2.07. The largest absolute Gasteiger partial charge is 0.462 e. The summed E-state index contributed by atoms with van der Waals surface area (Å²) in [7, 11) is 0. The van der Waals surface area contributed by atoms with E-state index in [1.807, 2.05) is 4.90 Å². The zero-order valence-electron chi connectivity index (χ0n) is 22.0. The number of aliphatic hydroxyl groups is 1. The number of benzene rings is 2. The Labute approximate surface area is 235 Å². The highest BCUT2D eigenvalue weighted by molar-refractivity contribution is 5.98. The smallest absolute Gasteiger partial charge is 0.338 e. The minimum absolute atomic E-state index is 0.00406. The minimum atomic E-state index is -0.713. The van der Waals surface area contributed by atoms with Crippen molar-refractivity contribution >= 4 is 29.4 Å².